The molecule has 0 unspecified atom stereocenters. The molecule has 35 nitrogen and oxygen atoms in total. The van der Waals surface area contributed by atoms with Crippen LogP contribution in [0.3, 0.4) is 0 Å². The lowest BCUT2D eigenvalue weighted by atomic mass is 9.98. The van der Waals surface area contributed by atoms with E-state index in [1.54, 1.807) is 84.1 Å². The van der Waals surface area contributed by atoms with Crippen LogP contribution in [0.1, 0.15) is 124 Å². The Morgan fingerprint density at radius 3 is 1.64 bits per heavy atom. The number of carboxylic acid groups (broad SMARTS) is 2. The van der Waals surface area contributed by atoms with Crippen LogP contribution in [0, 0.1) is 17.8 Å². The molecule has 2 fully saturated rings. The third kappa shape index (κ3) is 24.4. The topological polar surface area (TPSA) is 567 Å². The minimum absolute atomic E-state index is 0.00702. The van der Waals surface area contributed by atoms with Gasteiger partial charge in [0.05, 0.1) is 19.1 Å². The average molecular weight is 1430 g/mol. The van der Waals surface area contributed by atoms with Crippen molar-refractivity contribution in [2.45, 2.75) is 198 Å². The highest BCUT2D eigenvalue weighted by Crippen LogP contribution is 2.25. The van der Waals surface area contributed by atoms with Crippen molar-refractivity contribution in [3.8, 4) is 5.75 Å². The molecule has 12 atom stereocenters. The molecule has 2 aliphatic rings. The van der Waals surface area contributed by atoms with Crippen molar-refractivity contribution in [1.82, 2.24) is 62.6 Å². The number of rotatable bonds is 39. The number of aromatic hydroxyl groups is 1. The molecule has 2 saturated heterocycles. The number of nitrogens with one attached hydrogen (secondary N) is 10. The van der Waals surface area contributed by atoms with Crippen LogP contribution in [0.5, 0.6) is 5.75 Å². The summed E-state index contributed by atoms with van der Waals surface area (Å²) in [6.45, 7) is 10.5. The summed E-state index contributed by atoms with van der Waals surface area (Å²) in [5, 5.41) is 64.3. The predicted molar refractivity (Wildman–Crippen MR) is 369 cm³/mol. The smallest absolute Gasteiger partial charge is 0.326 e. The number of para-hydroxylation sites is 1. The van der Waals surface area contributed by atoms with E-state index in [0.717, 1.165) is 22.7 Å². The van der Waals surface area contributed by atoms with Gasteiger partial charge in [0.25, 0.3) is 0 Å². The van der Waals surface area contributed by atoms with E-state index in [4.69, 9.17) is 22.9 Å². The lowest BCUT2D eigenvalue weighted by molar-refractivity contribution is -0.144. The number of primary amides is 1. The molecule has 22 N–H and O–H groups in total. The number of fused-ring (bicyclic) bond motifs is 1. The summed E-state index contributed by atoms with van der Waals surface area (Å²) < 4.78 is 0. The van der Waals surface area contributed by atoms with E-state index < -0.39 is 193 Å². The number of aliphatic hydroxyl groups is 1. The van der Waals surface area contributed by atoms with Gasteiger partial charge >= 0.3 is 11.9 Å². The maximum absolute atomic E-state index is 14.7. The quantitative estimate of drug-likeness (QED) is 0.0150. The lowest BCUT2D eigenvalue weighted by Gasteiger charge is -2.32. The van der Waals surface area contributed by atoms with Gasteiger partial charge in [-0.25, -0.2) is 4.79 Å². The van der Waals surface area contributed by atoms with Crippen molar-refractivity contribution in [3.05, 3.63) is 65.9 Å². The summed E-state index contributed by atoms with van der Waals surface area (Å²) in [5.41, 5.74) is 24.1. The molecule has 0 aliphatic carbocycles. The van der Waals surface area contributed by atoms with Crippen molar-refractivity contribution in [2.75, 3.05) is 26.2 Å². The molecule has 1 aromatic heterocycles. The molecule has 0 spiro atoms. The standard InChI is InChI=1S/C67H99N17O18/c1-33(2)27-44(57(92)79-47(66(101)102)29-38-32-73-41-14-9-8-13-40(38)41)77-58(93)45(30-50(69)87)78-63(98)55(36(7)85)82-60(95)49-17-11-25-83(49)64(99)43(22-23-52(89)90)76-56(91)42(15-10-24-72-67(70)71)75-61(96)53(34(3)4)81-62(97)54(35(5)6)80-59(94)48-16-12-26-84(48)65(100)46(74-51(88)31-68)28-37-18-20-39(86)21-19-37/h8-9,13-14,18-21,32-36,42-49,53-55,73,85-86H,10-12,15-17,22-31,68H2,1-7H3,(H2,69,87)(H,74,88)(H,75,96)(H,76,91)(H,77,93)(H,78,98)(H,79,92)(H,80,94)(H,81,97)(H,82,95)(H,89,90)(H,101,102)(H4,70,71,72)/t36-,42+,43+,44+,45+,46+,47+,48+,49+,53+,54+,55+/m1/s1. The molecule has 560 valence electrons. The molecule has 3 aromatic rings. The molecule has 12 amide bonds. The van der Waals surface area contributed by atoms with Gasteiger partial charge in [-0.15, -0.1) is 0 Å². The van der Waals surface area contributed by atoms with Crippen LogP contribution >= 0.6 is 0 Å². The van der Waals surface area contributed by atoms with Crippen LogP contribution in [0.15, 0.2) is 59.7 Å². The Labute approximate surface area is 589 Å². The molecule has 2 aromatic carbocycles. The second-order valence-electron chi connectivity index (χ2n) is 26.7. The summed E-state index contributed by atoms with van der Waals surface area (Å²) in [4.78, 5) is 201. The van der Waals surface area contributed by atoms with Gasteiger partial charge in [0.15, 0.2) is 5.96 Å². The monoisotopic (exact) mass is 1430 g/mol. The number of phenols is 1. The van der Waals surface area contributed by atoms with Gasteiger partial charge in [0, 0.05) is 56.0 Å². The van der Waals surface area contributed by atoms with Crippen LogP contribution in [0.4, 0.5) is 0 Å². The van der Waals surface area contributed by atoms with Gasteiger partial charge in [0.2, 0.25) is 70.9 Å². The maximum atomic E-state index is 14.7. The Morgan fingerprint density at radius 2 is 1.09 bits per heavy atom. The van der Waals surface area contributed by atoms with Crippen molar-refractivity contribution in [3.63, 3.8) is 0 Å². The molecule has 5 rings (SSSR count). The summed E-state index contributed by atoms with van der Waals surface area (Å²) in [7, 11) is 0. The highest BCUT2D eigenvalue weighted by molar-refractivity contribution is 6.01. The van der Waals surface area contributed by atoms with Gasteiger partial charge in [-0.2, -0.15) is 0 Å². The van der Waals surface area contributed by atoms with Gasteiger partial charge < -0.3 is 106 Å². The third-order valence-corrected chi connectivity index (χ3v) is 17.4. The number of amides is 12. The Morgan fingerprint density at radius 1 is 0.578 bits per heavy atom. The van der Waals surface area contributed by atoms with Crippen LogP contribution < -0.4 is 70.8 Å². The zero-order valence-electron chi connectivity index (χ0n) is 58.3. The fraction of sp³-hybridized carbons (Fsp3) is 0.567. The summed E-state index contributed by atoms with van der Waals surface area (Å²) in [5.74, 6) is -15.7. The number of phenolic OH excluding ortho intramolecular Hbond substituents is 1. The number of benzene rings is 2. The summed E-state index contributed by atoms with van der Waals surface area (Å²) in [6.07, 6.45) is -1.96. The number of guanidine groups is 1. The second kappa shape index (κ2) is 38.9. The Kier molecular flexibility index (Phi) is 31.4. The van der Waals surface area contributed by atoms with Crippen LogP contribution in [0.2, 0.25) is 0 Å². The molecule has 102 heavy (non-hydrogen) atoms. The molecule has 0 bridgehead atoms. The minimum atomic E-state index is -1.91. The maximum Gasteiger partial charge on any atom is 0.326 e. The number of carbonyl (C=O) groups is 14. The number of carboxylic acids is 2. The number of aromatic nitrogens is 1. The molecule has 3 heterocycles. The fourth-order valence-electron chi connectivity index (χ4n) is 12.0. The highest BCUT2D eigenvalue weighted by Gasteiger charge is 2.44. The Balaban J connectivity index is 1.30. The number of H-pyrrole nitrogens is 1. The number of likely N-dealkylation sites (tertiary alicyclic amines) is 2. The summed E-state index contributed by atoms with van der Waals surface area (Å²) in [6, 6.07) is -3.19. The van der Waals surface area contributed by atoms with Crippen LogP contribution in [-0.2, 0) is 80.0 Å². The SMILES string of the molecule is CC(C)C[C@H](NC(=O)[C@H](CC(N)=O)NC(=O)[C@@H](NC(=O)[C@@H]1CCCN1C(=O)[C@H](CCC(=O)O)NC(=O)[C@H](CCCN=C(N)N)NC(=O)[C@@H](NC(=O)[C@@H](NC(=O)[C@@H]1CCCN1C(=O)[C@H](Cc1ccc(O)cc1)NC(=O)CN)C(C)C)C(C)C)[C@@H](C)O)C(=O)N[C@@H](Cc1c[nH]c2ccccc12)C(=O)O. The first-order chi connectivity index (χ1) is 48.1. The molecule has 2 aliphatic heterocycles. The van der Waals surface area contributed by atoms with E-state index in [0.29, 0.717) is 17.5 Å². The number of aliphatic imine (C=N–C) groups is 1. The Bertz CT molecular complexity index is 3520. The first kappa shape index (κ1) is 82.2. The number of hydrogen-bond acceptors (Lipinski definition) is 18. The lowest BCUT2D eigenvalue weighted by Crippen LogP contribution is -2.62. The summed E-state index contributed by atoms with van der Waals surface area (Å²) >= 11 is 0. The van der Waals surface area contributed by atoms with E-state index in [-0.39, 0.29) is 88.6 Å². The Hall–Kier alpha value is -10.5. The molecular weight excluding hydrogens is 1330 g/mol. The minimum Gasteiger partial charge on any atom is -0.508 e. The average Bonchev–Trinajstić information content (AvgIpc) is 1.71. The van der Waals surface area contributed by atoms with Crippen molar-refractivity contribution < 1.29 is 87.5 Å². The number of aliphatic hydroxyl groups excluding tert-OH is 1. The number of nitrogens with zero attached hydrogens (tertiary/aromatic N) is 3. The normalized spacial score (nSPS) is 17.3. The van der Waals surface area contributed by atoms with Crippen molar-refractivity contribution in [1.29, 1.82) is 0 Å². The van der Waals surface area contributed by atoms with E-state index in [1.165, 1.54) is 17.0 Å². The first-order valence-corrected chi connectivity index (χ1v) is 33.9. The number of aromatic amines is 1. The van der Waals surface area contributed by atoms with Gasteiger partial charge in [-0.1, -0.05) is 71.9 Å². The van der Waals surface area contributed by atoms with E-state index in [9.17, 15) is 87.5 Å². The zero-order chi connectivity index (χ0) is 75.8. The molecule has 0 saturated carbocycles. The third-order valence-electron chi connectivity index (χ3n) is 17.4. The molecule has 35 heteroatoms. The van der Waals surface area contributed by atoms with Gasteiger partial charge in [-0.05, 0) is 105 Å². The van der Waals surface area contributed by atoms with E-state index in [1.807, 2.05) is 0 Å². The number of nitrogens with two attached hydrogens (primary N) is 4. The highest BCUT2D eigenvalue weighted by atomic mass is 16.4. The molecule has 0 radical (unpaired) electrons. The fourth-order valence-corrected chi connectivity index (χ4v) is 12.0. The van der Waals surface area contributed by atoms with E-state index in [2.05, 4.69) is 57.8 Å². The van der Waals surface area contributed by atoms with Crippen LogP contribution in [-0.4, -0.2) is 223 Å². The van der Waals surface area contributed by atoms with Crippen LogP contribution in [0.25, 0.3) is 10.9 Å². The molecular formula is C67H99N17O18. The van der Waals surface area contributed by atoms with E-state index >= 15 is 0 Å². The number of aliphatic carboxylic acids is 2. The second-order valence-corrected chi connectivity index (χ2v) is 26.7. The van der Waals surface area contributed by atoms with Crippen molar-refractivity contribution >= 4 is 99.7 Å². The van der Waals surface area contributed by atoms with Gasteiger partial charge in [0.1, 0.15) is 72.2 Å². The number of hydrogen-bond donors (Lipinski definition) is 18. The van der Waals surface area contributed by atoms with Gasteiger partial charge in [-0.3, -0.25) is 67.3 Å². The van der Waals surface area contributed by atoms with Crippen molar-refractivity contribution in [2.24, 2.45) is 45.7 Å². The largest absolute Gasteiger partial charge is 0.508 e. The first-order valence-electron chi connectivity index (χ1n) is 33.9. The number of carbonyl (C=O) groups excluding carboxylic acids is 12. The predicted octanol–water partition coefficient (Wildman–Crippen LogP) is -3.42. The zero-order valence-corrected chi connectivity index (χ0v) is 58.3.